The zero-order chi connectivity index (χ0) is 12.5. The molecule has 18 heavy (non-hydrogen) atoms. The van der Waals surface area contributed by atoms with E-state index in [1.165, 1.54) is 15.1 Å². The van der Waals surface area contributed by atoms with Crippen molar-refractivity contribution in [3.05, 3.63) is 44.6 Å². The van der Waals surface area contributed by atoms with E-state index in [0.29, 0.717) is 0 Å². The van der Waals surface area contributed by atoms with Gasteiger partial charge in [-0.05, 0) is 52.0 Å². The fourth-order valence-corrected chi connectivity index (χ4v) is 3.99. The molecular formula is C13H11BrN2S2. The highest BCUT2D eigenvalue weighted by Gasteiger charge is 2.05. The molecule has 0 saturated carbocycles. The number of fused-ring (bicyclic) bond motifs is 1. The summed E-state index contributed by atoms with van der Waals surface area (Å²) in [6.45, 7) is 2.91. The maximum absolute atomic E-state index is 4.60. The Morgan fingerprint density at radius 1 is 1.33 bits per heavy atom. The first kappa shape index (κ1) is 12.1. The zero-order valence-corrected chi connectivity index (χ0v) is 13.0. The van der Waals surface area contributed by atoms with Crippen LogP contribution in [-0.4, -0.2) is 4.98 Å². The normalized spacial score (nSPS) is 11.0. The van der Waals surface area contributed by atoms with Crippen LogP contribution in [0, 0.1) is 6.92 Å². The van der Waals surface area contributed by atoms with E-state index in [2.05, 4.69) is 62.8 Å². The molecule has 0 fully saturated rings. The molecule has 3 rings (SSSR count). The fourth-order valence-electron chi connectivity index (χ4n) is 1.72. The number of hydrogen-bond donors (Lipinski definition) is 1. The molecule has 2 heterocycles. The number of hydrogen-bond acceptors (Lipinski definition) is 4. The van der Waals surface area contributed by atoms with Crippen molar-refractivity contribution in [3.8, 4) is 0 Å². The Balaban J connectivity index is 1.81. The van der Waals surface area contributed by atoms with Gasteiger partial charge in [-0.2, -0.15) is 0 Å². The van der Waals surface area contributed by atoms with Gasteiger partial charge in [-0.3, -0.25) is 0 Å². The van der Waals surface area contributed by atoms with Gasteiger partial charge in [0.05, 0.1) is 16.8 Å². The van der Waals surface area contributed by atoms with Gasteiger partial charge in [-0.15, -0.1) is 11.3 Å². The van der Waals surface area contributed by atoms with Gasteiger partial charge >= 0.3 is 0 Å². The second-order valence-corrected chi connectivity index (χ2v) is 6.92. The van der Waals surface area contributed by atoms with E-state index >= 15 is 0 Å². The number of nitrogens with one attached hydrogen (secondary N) is 1. The van der Waals surface area contributed by atoms with Gasteiger partial charge in [-0.25, -0.2) is 4.98 Å². The van der Waals surface area contributed by atoms with Crippen molar-refractivity contribution in [2.45, 2.75) is 13.5 Å². The molecule has 0 saturated heterocycles. The highest BCUT2D eigenvalue weighted by Crippen LogP contribution is 2.28. The lowest BCUT2D eigenvalue weighted by Gasteiger charge is -1.99. The molecule has 5 heteroatoms. The first-order valence-corrected chi connectivity index (χ1v) is 8.04. The molecule has 1 N–H and O–H groups in total. The summed E-state index contributed by atoms with van der Waals surface area (Å²) in [5.41, 5.74) is 2.33. The van der Waals surface area contributed by atoms with Crippen molar-refractivity contribution >= 4 is 54.0 Å². The van der Waals surface area contributed by atoms with Crippen LogP contribution in [0.25, 0.3) is 10.2 Å². The minimum Gasteiger partial charge on any atom is -0.357 e. The lowest BCUT2D eigenvalue weighted by atomic mass is 10.2. The third kappa shape index (κ3) is 2.43. The Morgan fingerprint density at radius 3 is 3.00 bits per heavy atom. The van der Waals surface area contributed by atoms with Crippen LogP contribution >= 0.6 is 38.6 Å². The van der Waals surface area contributed by atoms with E-state index in [4.69, 9.17) is 0 Å². The van der Waals surface area contributed by atoms with Crippen LogP contribution in [0.3, 0.4) is 0 Å². The lowest BCUT2D eigenvalue weighted by molar-refractivity contribution is 1.17. The van der Waals surface area contributed by atoms with Crippen molar-refractivity contribution in [1.82, 2.24) is 4.98 Å². The molecule has 1 aromatic carbocycles. The SMILES string of the molecule is Cc1ccc2sc(NCc3sccc3Br)nc2c1. The Kier molecular flexibility index (Phi) is 3.37. The van der Waals surface area contributed by atoms with Crippen molar-refractivity contribution in [2.75, 3.05) is 5.32 Å². The average Bonchev–Trinajstić information content (AvgIpc) is 2.92. The molecule has 0 spiro atoms. The highest BCUT2D eigenvalue weighted by atomic mass is 79.9. The van der Waals surface area contributed by atoms with Crippen LogP contribution in [-0.2, 0) is 6.54 Å². The second-order valence-electron chi connectivity index (χ2n) is 4.04. The standard InChI is InChI=1S/C13H11BrN2S2/c1-8-2-3-11-10(6-8)16-13(18-11)15-7-12-9(14)4-5-17-12/h2-6H,7H2,1H3,(H,15,16). The monoisotopic (exact) mass is 338 g/mol. The predicted molar refractivity (Wildman–Crippen MR) is 83.7 cm³/mol. The molecule has 0 amide bonds. The number of rotatable bonds is 3. The van der Waals surface area contributed by atoms with Crippen LogP contribution in [0.5, 0.6) is 0 Å². The maximum Gasteiger partial charge on any atom is 0.184 e. The fraction of sp³-hybridized carbons (Fsp3) is 0.154. The first-order valence-electron chi connectivity index (χ1n) is 5.55. The van der Waals surface area contributed by atoms with Gasteiger partial charge < -0.3 is 5.32 Å². The van der Waals surface area contributed by atoms with Crippen molar-refractivity contribution < 1.29 is 0 Å². The molecule has 0 aliphatic heterocycles. The molecule has 92 valence electrons. The molecule has 0 unspecified atom stereocenters. The summed E-state index contributed by atoms with van der Waals surface area (Å²) in [4.78, 5) is 5.90. The summed E-state index contributed by atoms with van der Waals surface area (Å²) < 4.78 is 2.39. The van der Waals surface area contributed by atoms with Gasteiger partial charge in [0, 0.05) is 9.35 Å². The van der Waals surface area contributed by atoms with Gasteiger partial charge in [0.1, 0.15) is 0 Å². The van der Waals surface area contributed by atoms with Gasteiger partial charge in [0.15, 0.2) is 5.13 Å². The third-order valence-electron chi connectivity index (χ3n) is 2.63. The Labute approximate surface area is 122 Å². The summed E-state index contributed by atoms with van der Waals surface area (Å²) in [5.74, 6) is 0. The Bertz CT molecular complexity index is 687. The second kappa shape index (κ2) is 4.99. The van der Waals surface area contributed by atoms with Crippen LogP contribution < -0.4 is 5.32 Å². The zero-order valence-electron chi connectivity index (χ0n) is 9.74. The van der Waals surface area contributed by atoms with Crippen LogP contribution in [0.2, 0.25) is 0 Å². The van der Waals surface area contributed by atoms with Crippen molar-refractivity contribution in [2.24, 2.45) is 0 Å². The number of aromatic nitrogens is 1. The number of thiazole rings is 1. The summed E-state index contributed by atoms with van der Waals surface area (Å²) in [5, 5.41) is 6.45. The number of aryl methyl sites for hydroxylation is 1. The topological polar surface area (TPSA) is 24.9 Å². The minimum atomic E-state index is 0.817. The third-order valence-corrected chi connectivity index (χ3v) is 5.55. The van der Waals surface area contributed by atoms with Gasteiger partial charge in [0.2, 0.25) is 0 Å². The van der Waals surface area contributed by atoms with E-state index in [1.807, 2.05) is 0 Å². The molecule has 2 nitrogen and oxygen atoms in total. The molecular weight excluding hydrogens is 328 g/mol. The minimum absolute atomic E-state index is 0.817. The Morgan fingerprint density at radius 2 is 2.22 bits per heavy atom. The summed E-state index contributed by atoms with van der Waals surface area (Å²) in [6, 6.07) is 8.45. The van der Waals surface area contributed by atoms with Crippen molar-refractivity contribution in [3.63, 3.8) is 0 Å². The maximum atomic E-state index is 4.60. The van der Waals surface area contributed by atoms with Gasteiger partial charge in [0.25, 0.3) is 0 Å². The summed E-state index contributed by atoms with van der Waals surface area (Å²) in [6.07, 6.45) is 0. The smallest absolute Gasteiger partial charge is 0.184 e. The largest absolute Gasteiger partial charge is 0.357 e. The quantitative estimate of drug-likeness (QED) is 0.723. The predicted octanol–water partition coefficient (Wildman–Crippen LogP) is 5.04. The molecule has 2 aromatic heterocycles. The number of halogens is 1. The van der Waals surface area contributed by atoms with E-state index in [1.54, 1.807) is 22.7 Å². The van der Waals surface area contributed by atoms with Gasteiger partial charge in [-0.1, -0.05) is 17.4 Å². The molecule has 0 aliphatic rings. The molecule has 3 aromatic rings. The number of anilines is 1. The molecule has 0 aliphatic carbocycles. The molecule has 0 atom stereocenters. The number of nitrogens with zero attached hydrogens (tertiary/aromatic N) is 1. The van der Waals surface area contributed by atoms with Crippen LogP contribution in [0.1, 0.15) is 10.4 Å². The van der Waals surface area contributed by atoms with E-state index in [0.717, 1.165) is 21.7 Å². The average molecular weight is 339 g/mol. The van der Waals surface area contributed by atoms with E-state index < -0.39 is 0 Å². The first-order chi connectivity index (χ1) is 8.72. The Hall–Kier alpha value is -0.910. The van der Waals surface area contributed by atoms with Crippen molar-refractivity contribution in [1.29, 1.82) is 0 Å². The number of benzene rings is 1. The van der Waals surface area contributed by atoms with E-state index in [9.17, 15) is 0 Å². The summed E-state index contributed by atoms with van der Waals surface area (Å²) >= 11 is 6.98. The lowest BCUT2D eigenvalue weighted by Crippen LogP contribution is -1.96. The van der Waals surface area contributed by atoms with E-state index in [-0.39, 0.29) is 0 Å². The number of thiophene rings is 1. The summed E-state index contributed by atoms with van der Waals surface area (Å²) in [7, 11) is 0. The van der Waals surface area contributed by atoms with Crippen LogP contribution in [0.15, 0.2) is 34.1 Å². The molecule has 0 bridgehead atoms. The highest BCUT2D eigenvalue weighted by molar-refractivity contribution is 9.10. The molecule has 0 radical (unpaired) electrons. The van der Waals surface area contributed by atoms with Crippen LogP contribution in [0.4, 0.5) is 5.13 Å².